The minimum atomic E-state index is 0.109. The number of hydrogen-bond acceptors (Lipinski definition) is 7. The van der Waals surface area contributed by atoms with Gasteiger partial charge in [0.2, 0.25) is 11.2 Å². The minimum Gasteiger partial charge on any atom is -0.467 e. The SMILES string of the molecule is COCCOCCCCNc1nc(Cl)nc(OC)n1. The van der Waals surface area contributed by atoms with Gasteiger partial charge in [-0.25, -0.2) is 0 Å². The van der Waals surface area contributed by atoms with Crippen molar-refractivity contribution in [1.82, 2.24) is 15.0 Å². The minimum absolute atomic E-state index is 0.109. The third-order valence-corrected chi connectivity index (χ3v) is 2.37. The van der Waals surface area contributed by atoms with Crippen molar-refractivity contribution in [1.29, 1.82) is 0 Å². The van der Waals surface area contributed by atoms with Crippen LogP contribution in [0.25, 0.3) is 0 Å². The normalized spacial score (nSPS) is 10.5. The first kappa shape index (κ1) is 15.9. The number of methoxy groups -OCH3 is 2. The van der Waals surface area contributed by atoms with E-state index in [0.29, 0.717) is 25.8 Å². The molecule has 0 atom stereocenters. The van der Waals surface area contributed by atoms with E-state index in [0.717, 1.165) is 19.4 Å². The summed E-state index contributed by atoms with van der Waals surface area (Å²) in [5.74, 6) is 0.414. The van der Waals surface area contributed by atoms with Crippen molar-refractivity contribution in [3.05, 3.63) is 5.28 Å². The standard InChI is InChI=1S/C11H19ClN4O3/c1-17-7-8-19-6-4-3-5-13-10-14-9(12)15-11(16-10)18-2/h3-8H2,1-2H3,(H,13,14,15,16). The second-order valence-electron chi connectivity index (χ2n) is 3.65. The lowest BCUT2D eigenvalue weighted by molar-refractivity contribution is 0.0691. The van der Waals surface area contributed by atoms with Crippen LogP contribution in [-0.4, -0.2) is 55.5 Å². The first-order valence-electron chi connectivity index (χ1n) is 6.02. The Hall–Kier alpha value is -1.18. The van der Waals surface area contributed by atoms with Gasteiger partial charge in [-0.3, -0.25) is 0 Å². The summed E-state index contributed by atoms with van der Waals surface area (Å²) in [5.41, 5.74) is 0. The van der Waals surface area contributed by atoms with Gasteiger partial charge in [0.25, 0.3) is 0 Å². The van der Waals surface area contributed by atoms with Crippen LogP contribution in [0.15, 0.2) is 0 Å². The fourth-order valence-electron chi connectivity index (χ4n) is 1.28. The largest absolute Gasteiger partial charge is 0.467 e. The third-order valence-electron chi connectivity index (χ3n) is 2.20. The highest BCUT2D eigenvalue weighted by Crippen LogP contribution is 2.10. The van der Waals surface area contributed by atoms with E-state index in [1.165, 1.54) is 7.11 Å². The van der Waals surface area contributed by atoms with E-state index in [1.807, 2.05) is 0 Å². The van der Waals surface area contributed by atoms with Gasteiger partial charge in [0.15, 0.2) is 0 Å². The lowest BCUT2D eigenvalue weighted by Gasteiger charge is -2.06. The van der Waals surface area contributed by atoms with E-state index in [-0.39, 0.29) is 11.3 Å². The molecule has 1 rings (SSSR count). The molecule has 0 spiro atoms. The Morgan fingerprint density at radius 2 is 1.89 bits per heavy atom. The van der Waals surface area contributed by atoms with Crippen molar-refractivity contribution in [3.63, 3.8) is 0 Å². The van der Waals surface area contributed by atoms with Crippen LogP contribution in [0.2, 0.25) is 5.28 Å². The average molecular weight is 291 g/mol. The predicted octanol–water partition coefficient (Wildman–Crippen LogP) is 1.39. The van der Waals surface area contributed by atoms with Gasteiger partial charge in [0.05, 0.1) is 20.3 Å². The molecule has 0 saturated heterocycles. The molecule has 0 amide bonds. The molecule has 0 unspecified atom stereocenters. The Bertz CT molecular complexity index is 368. The van der Waals surface area contributed by atoms with Gasteiger partial charge in [-0.15, -0.1) is 0 Å². The number of aromatic nitrogens is 3. The maximum Gasteiger partial charge on any atom is 0.322 e. The number of halogens is 1. The highest BCUT2D eigenvalue weighted by molar-refractivity contribution is 6.28. The number of hydrogen-bond donors (Lipinski definition) is 1. The van der Waals surface area contributed by atoms with E-state index < -0.39 is 0 Å². The molecule has 0 fully saturated rings. The van der Waals surface area contributed by atoms with Crippen molar-refractivity contribution in [2.24, 2.45) is 0 Å². The smallest absolute Gasteiger partial charge is 0.322 e. The molecule has 1 aromatic rings. The highest BCUT2D eigenvalue weighted by atomic mass is 35.5. The predicted molar refractivity (Wildman–Crippen MR) is 71.8 cm³/mol. The zero-order valence-electron chi connectivity index (χ0n) is 11.2. The third kappa shape index (κ3) is 7.09. The number of anilines is 1. The maximum absolute atomic E-state index is 5.73. The number of ether oxygens (including phenoxy) is 3. The molecule has 0 aliphatic rings. The van der Waals surface area contributed by atoms with Gasteiger partial charge in [-0.2, -0.15) is 15.0 Å². The topological polar surface area (TPSA) is 78.4 Å². The van der Waals surface area contributed by atoms with Crippen molar-refractivity contribution in [2.45, 2.75) is 12.8 Å². The number of rotatable bonds is 10. The van der Waals surface area contributed by atoms with E-state index in [4.69, 9.17) is 25.8 Å². The maximum atomic E-state index is 5.73. The van der Waals surface area contributed by atoms with Crippen molar-refractivity contribution >= 4 is 17.5 Å². The molecular weight excluding hydrogens is 272 g/mol. The summed E-state index contributed by atoms with van der Waals surface area (Å²) >= 11 is 5.73. The van der Waals surface area contributed by atoms with Gasteiger partial charge < -0.3 is 19.5 Å². The molecule has 1 aromatic heterocycles. The summed E-state index contributed by atoms with van der Waals surface area (Å²) < 4.78 is 15.1. The van der Waals surface area contributed by atoms with Gasteiger partial charge in [0, 0.05) is 20.3 Å². The zero-order chi connectivity index (χ0) is 13.9. The van der Waals surface area contributed by atoms with Crippen LogP contribution in [0.1, 0.15) is 12.8 Å². The molecule has 1 heterocycles. The molecule has 0 saturated carbocycles. The van der Waals surface area contributed by atoms with Gasteiger partial charge >= 0.3 is 6.01 Å². The Balaban J connectivity index is 2.13. The van der Waals surface area contributed by atoms with E-state index >= 15 is 0 Å². The second-order valence-corrected chi connectivity index (χ2v) is 3.99. The fraction of sp³-hybridized carbons (Fsp3) is 0.727. The van der Waals surface area contributed by atoms with Crippen LogP contribution in [0.3, 0.4) is 0 Å². The quantitative estimate of drug-likeness (QED) is 0.652. The summed E-state index contributed by atoms with van der Waals surface area (Å²) in [6, 6.07) is 0.199. The van der Waals surface area contributed by atoms with Crippen LogP contribution in [-0.2, 0) is 9.47 Å². The molecule has 8 heteroatoms. The monoisotopic (exact) mass is 290 g/mol. The first-order chi connectivity index (χ1) is 9.26. The van der Waals surface area contributed by atoms with Gasteiger partial charge in [0.1, 0.15) is 0 Å². The Morgan fingerprint density at radius 3 is 2.63 bits per heavy atom. The van der Waals surface area contributed by atoms with E-state index in [1.54, 1.807) is 7.11 Å². The van der Waals surface area contributed by atoms with E-state index in [2.05, 4.69) is 20.3 Å². The van der Waals surface area contributed by atoms with Crippen LogP contribution in [0, 0.1) is 0 Å². The summed E-state index contributed by atoms with van der Waals surface area (Å²) in [5, 5.41) is 3.16. The number of unbranched alkanes of at least 4 members (excludes halogenated alkanes) is 1. The zero-order valence-corrected chi connectivity index (χ0v) is 11.9. The number of nitrogens with zero attached hydrogens (tertiary/aromatic N) is 3. The molecule has 7 nitrogen and oxygen atoms in total. The van der Waals surface area contributed by atoms with Crippen LogP contribution < -0.4 is 10.1 Å². The summed E-state index contributed by atoms with van der Waals surface area (Å²) in [7, 11) is 3.13. The molecule has 0 aliphatic carbocycles. The van der Waals surface area contributed by atoms with Crippen LogP contribution >= 0.6 is 11.6 Å². The lowest BCUT2D eigenvalue weighted by Crippen LogP contribution is -2.09. The highest BCUT2D eigenvalue weighted by Gasteiger charge is 2.03. The van der Waals surface area contributed by atoms with Crippen LogP contribution in [0.4, 0.5) is 5.95 Å². The Labute approximate surface area is 117 Å². The molecule has 0 radical (unpaired) electrons. The fourth-order valence-corrected chi connectivity index (χ4v) is 1.43. The molecule has 19 heavy (non-hydrogen) atoms. The summed E-state index contributed by atoms with van der Waals surface area (Å²) in [6.45, 7) is 2.70. The first-order valence-corrected chi connectivity index (χ1v) is 6.40. The molecule has 108 valence electrons. The summed E-state index contributed by atoms with van der Waals surface area (Å²) in [6.07, 6.45) is 1.89. The molecular formula is C11H19ClN4O3. The Morgan fingerprint density at radius 1 is 1.05 bits per heavy atom. The van der Waals surface area contributed by atoms with Crippen molar-refractivity contribution < 1.29 is 14.2 Å². The van der Waals surface area contributed by atoms with Gasteiger partial charge in [-0.05, 0) is 24.4 Å². The van der Waals surface area contributed by atoms with E-state index in [9.17, 15) is 0 Å². The van der Waals surface area contributed by atoms with Crippen molar-refractivity contribution in [3.8, 4) is 6.01 Å². The van der Waals surface area contributed by atoms with Crippen LogP contribution in [0.5, 0.6) is 6.01 Å². The number of nitrogens with one attached hydrogen (secondary N) is 1. The molecule has 0 bridgehead atoms. The molecule has 0 aliphatic heterocycles. The Kier molecular flexibility index (Phi) is 8.11. The average Bonchev–Trinajstić information content (AvgIpc) is 2.41. The summed E-state index contributed by atoms with van der Waals surface area (Å²) in [4.78, 5) is 11.8. The second kappa shape index (κ2) is 9.71. The molecule has 1 N–H and O–H groups in total. The molecule has 0 aromatic carbocycles. The van der Waals surface area contributed by atoms with Crippen molar-refractivity contribution in [2.75, 3.05) is 45.9 Å². The lowest BCUT2D eigenvalue weighted by atomic mass is 10.3. The van der Waals surface area contributed by atoms with Gasteiger partial charge in [-0.1, -0.05) is 0 Å².